The summed E-state index contributed by atoms with van der Waals surface area (Å²) < 4.78 is 0. The second kappa shape index (κ2) is 6.55. The van der Waals surface area contributed by atoms with Gasteiger partial charge in [-0.3, -0.25) is 9.59 Å². The molecule has 0 aliphatic heterocycles. The van der Waals surface area contributed by atoms with Crippen LogP contribution in [0.2, 0.25) is 0 Å². The summed E-state index contributed by atoms with van der Waals surface area (Å²) in [6, 6.07) is 8.14. The van der Waals surface area contributed by atoms with Crippen molar-refractivity contribution in [3.63, 3.8) is 0 Å². The molecule has 4 nitrogen and oxygen atoms in total. The van der Waals surface area contributed by atoms with Crippen molar-refractivity contribution in [2.24, 2.45) is 5.92 Å². The molecule has 1 aromatic carbocycles. The summed E-state index contributed by atoms with van der Waals surface area (Å²) in [6.07, 6.45) is 2.01. The molecule has 2 amide bonds. The molecule has 1 aliphatic carbocycles. The molecule has 0 bridgehead atoms. The molecule has 0 aromatic heterocycles. The lowest BCUT2D eigenvalue weighted by molar-refractivity contribution is -0.130. The van der Waals surface area contributed by atoms with Gasteiger partial charge in [0.2, 0.25) is 11.8 Å². The summed E-state index contributed by atoms with van der Waals surface area (Å²) in [5, 5.41) is 2.89. The van der Waals surface area contributed by atoms with E-state index in [0.29, 0.717) is 19.6 Å². The van der Waals surface area contributed by atoms with Crippen LogP contribution >= 0.6 is 0 Å². The lowest BCUT2D eigenvalue weighted by atomic mass is 10.1. The summed E-state index contributed by atoms with van der Waals surface area (Å²) in [7, 11) is 0. The van der Waals surface area contributed by atoms with Gasteiger partial charge in [0.05, 0.1) is 0 Å². The van der Waals surface area contributed by atoms with Crippen LogP contribution < -0.4 is 5.32 Å². The van der Waals surface area contributed by atoms with Crippen molar-refractivity contribution in [3.8, 4) is 0 Å². The van der Waals surface area contributed by atoms with E-state index in [4.69, 9.17) is 0 Å². The first-order chi connectivity index (χ1) is 9.56. The first-order valence-corrected chi connectivity index (χ1v) is 7.15. The van der Waals surface area contributed by atoms with Gasteiger partial charge in [0.15, 0.2) is 0 Å². The maximum atomic E-state index is 11.7. The highest BCUT2D eigenvalue weighted by molar-refractivity contribution is 5.80. The molecule has 0 spiro atoms. The summed E-state index contributed by atoms with van der Waals surface area (Å²) >= 11 is 0. The van der Waals surface area contributed by atoms with Gasteiger partial charge in [0.1, 0.15) is 0 Å². The number of amides is 2. The van der Waals surface area contributed by atoms with Crippen LogP contribution in [0.1, 0.15) is 30.9 Å². The van der Waals surface area contributed by atoms with Crippen molar-refractivity contribution in [3.05, 3.63) is 35.4 Å². The smallest absolute Gasteiger partial charge is 0.223 e. The van der Waals surface area contributed by atoms with Crippen molar-refractivity contribution < 1.29 is 9.59 Å². The molecule has 0 heterocycles. The largest absolute Gasteiger partial charge is 0.354 e. The second-order valence-corrected chi connectivity index (χ2v) is 5.49. The average molecular weight is 274 g/mol. The van der Waals surface area contributed by atoms with Crippen molar-refractivity contribution in [2.75, 3.05) is 13.1 Å². The molecule has 4 heteroatoms. The highest BCUT2D eigenvalue weighted by Crippen LogP contribution is 2.28. The van der Waals surface area contributed by atoms with Gasteiger partial charge in [-0.15, -0.1) is 0 Å². The van der Waals surface area contributed by atoms with Crippen LogP contribution in [0.5, 0.6) is 0 Å². The number of benzene rings is 1. The zero-order valence-corrected chi connectivity index (χ0v) is 12.2. The van der Waals surface area contributed by atoms with Crippen LogP contribution in [0.4, 0.5) is 0 Å². The van der Waals surface area contributed by atoms with E-state index in [1.165, 1.54) is 5.56 Å². The first kappa shape index (κ1) is 14.6. The Hall–Kier alpha value is -1.84. The quantitative estimate of drug-likeness (QED) is 0.861. The molecule has 0 atom stereocenters. The van der Waals surface area contributed by atoms with Crippen molar-refractivity contribution >= 4 is 11.8 Å². The van der Waals surface area contributed by atoms with Crippen LogP contribution in [0.15, 0.2) is 24.3 Å². The standard InChI is InChI=1S/C16H22N2O2/c1-12-4-3-5-14(10-12)11-18(13(2)19)9-8-17-16(20)15-6-7-15/h3-5,10,15H,6-9,11H2,1-2H3,(H,17,20). The van der Waals surface area contributed by atoms with E-state index >= 15 is 0 Å². The molecule has 1 aliphatic rings. The normalized spacial score (nSPS) is 13.9. The van der Waals surface area contributed by atoms with E-state index in [2.05, 4.69) is 11.4 Å². The van der Waals surface area contributed by atoms with E-state index in [0.717, 1.165) is 18.4 Å². The number of nitrogens with zero attached hydrogens (tertiary/aromatic N) is 1. The molecule has 1 aromatic rings. The summed E-state index contributed by atoms with van der Waals surface area (Å²) in [5.74, 6) is 0.383. The average Bonchev–Trinajstić information content (AvgIpc) is 3.21. The molecular formula is C16H22N2O2. The molecular weight excluding hydrogens is 252 g/mol. The minimum Gasteiger partial charge on any atom is -0.354 e. The Bertz CT molecular complexity index is 495. The fourth-order valence-electron chi connectivity index (χ4n) is 2.18. The van der Waals surface area contributed by atoms with Crippen LogP contribution in [0.25, 0.3) is 0 Å². The highest BCUT2D eigenvalue weighted by Gasteiger charge is 2.29. The number of carbonyl (C=O) groups is 2. The molecule has 1 N–H and O–H groups in total. The van der Waals surface area contributed by atoms with E-state index in [9.17, 15) is 9.59 Å². The van der Waals surface area contributed by atoms with Gasteiger partial charge < -0.3 is 10.2 Å². The van der Waals surface area contributed by atoms with Crippen LogP contribution in [-0.2, 0) is 16.1 Å². The van der Waals surface area contributed by atoms with E-state index in [-0.39, 0.29) is 17.7 Å². The number of carbonyl (C=O) groups excluding carboxylic acids is 2. The third-order valence-corrected chi connectivity index (χ3v) is 3.53. The van der Waals surface area contributed by atoms with Crippen LogP contribution in [-0.4, -0.2) is 29.8 Å². The third-order valence-electron chi connectivity index (χ3n) is 3.53. The van der Waals surface area contributed by atoms with Gasteiger partial charge >= 0.3 is 0 Å². The Morgan fingerprint density at radius 2 is 2.10 bits per heavy atom. The van der Waals surface area contributed by atoms with Gasteiger partial charge in [-0.05, 0) is 25.3 Å². The number of nitrogens with one attached hydrogen (secondary N) is 1. The monoisotopic (exact) mass is 274 g/mol. The van der Waals surface area contributed by atoms with Crippen LogP contribution in [0.3, 0.4) is 0 Å². The topological polar surface area (TPSA) is 49.4 Å². The molecule has 0 saturated heterocycles. The highest BCUT2D eigenvalue weighted by atomic mass is 16.2. The van der Waals surface area contributed by atoms with Gasteiger partial charge in [-0.25, -0.2) is 0 Å². The minimum atomic E-state index is 0.0344. The van der Waals surface area contributed by atoms with E-state index in [1.54, 1.807) is 11.8 Å². The van der Waals surface area contributed by atoms with E-state index < -0.39 is 0 Å². The summed E-state index contributed by atoms with van der Waals surface area (Å²) in [5.41, 5.74) is 2.31. The number of hydrogen-bond acceptors (Lipinski definition) is 2. The Labute approximate surface area is 120 Å². The molecule has 1 saturated carbocycles. The van der Waals surface area contributed by atoms with Crippen molar-refractivity contribution in [1.29, 1.82) is 0 Å². The molecule has 20 heavy (non-hydrogen) atoms. The lowest BCUT2D eigenvalue weighted by Crippen LogP contribution is -2.37. The third kappa shape index (κ3) is 4.37. The van der Waals surface area contributed by atoms with Crippen molar-refractivity contribution in [1.82, 2.24) is 10.2 Å². The minimum absolute atomic E-state index is 0.0344. The molecule has 0 unspecified atom stereocenters. The summed E-state index contributed by atoms with van der Waals surface area (Å²) in [4.78, 5) is 25.0. The van der Waals surface area contributed by atoms with Gasteiger partial charge in [0.25, 0.3) is 0 Å². The van der Waals surface area contributed by atoms with E-state index in [1.807, 2.05) is 25.1 Å². The maximum Gasteiger partial charge on any atom is 0.223 e. The second-order valence-electron chi connectivity index (χ2n) is 5.49. The molecule has 108 valence electrons. The predicted molar refractivity (Wildman–Crippen MR) is 78.0 cm³/mol. The number of hydrogen-bond donors (Lipinski definition) is 1. The number of rotatable bonds is 6. The van der Waals surface area contributed by atoms with Gasteiger partial charge in [-0.1, -0.05) is 29.8 Å². The van der Waals surface area contributed by atoms with Crippen molar-refractivity contribution in [2.45, 2.75) is 33.2 Å². The molecule has 2 rings (SSSR count). The zero-order valence-electron chi connectivity index (χ0n) is 12.2. The Morgan fingerprint density at radius 1 is 1.35 bits per heavy atom. The van der Waals surface area contributed by atoms with Gasteiger partial charge in [-0.2, -0.15) is 0 Å². The molecule has 1 fully saturated rings. The first-order valence-electron chi connectivity index (χ1n) is 7.15. The Balaban J connectivity index is 1.83. The Kier molecular flexibility index (Phi) is 4.77. The SMILES string of the molecule is CC(=O)N(CCNC(=O)C1CC1)Cc1cccc(C)c1. The Morgan fingerprint density at radius 3 is 2.70 bits per heavy atom. The van der Waals surface area contributed by atoms with Crippen LogP contribution in [0, 0.1) is 12.8 Å². The number of aryl methyl sites for hydroxylation is 1. The maximum absolute atomic E-state index is 11.7. The fourth-order valence-corrected chi connectivity index (χ4v) is 2.18. The summed E-state index contributed by atoms with van der Waals surface area (Å²) in [6.45, 7) is 5.29. The predicted octanol–water partition coefficient (Wildman–Crippen LogP) is 1.87. The fraction of sp³-hybridized carbons (Fsp3) is 0.500. The lowest BCUT2D eigenvalue weighted by Gasteiger charge is -2.21. The molecule has 0 radical (unpaired) electrons. The van der Waals surface area contributed by atoms with Gasteiger partial charge in [0, 0.05) is 32.5 Å². The zero-order chi connectivity index (χ0) is 14.5.